The van der Waals surface area contributed by atoms with Gasteiger partial charge in [0.2, 0.25) is 0 Å². The lowest BCUT2D eigenvalue weighted by atomic mass is 9.95. The third-order valence-electron chi connectivity index (χ3n) is 3.25. The Bertz CT molecular complexity index is 512. The first-order valence-electron chi connectivity index (χ1n) is 5.41. The molecule has 0 saturated heterocycles. The first-order chi connectivity index (χ1) is 7.85. The fourth-order valence-electron chi connectivity index (χ4n) is 2.18. The highest BCUT2D eigenvalue weighted by molar-refractivity contribution is 5.71. The molecule has 3 rings (SSSR count). The molecule has 0 amide bonds. The monoisotopic (exact) mass is 212 g/mol. The smallest absolute Gasteiger partial charge is 0.167 e. The summed E-state index contributed by atoms with van der Waals surface area (Å²) in [7, 11) is 0. The van der Waals surface area contributed by atoms with Crippen LogP contribution in [0.1, 0.15) is 34.7 Å². The van der Waals surface area contributed by atoms with Gasteiger partial charge in [-0.15, -0.1) is 0 Å². The highest BCUT2D eigenvalue weighted by atomic mass is 16.1. The van der Waals surface area contributed by atoms with Crippen LogP contribution in [0.2, 0.25) is 0 Å². The number of H-pyrrole nitrogens is 1. The molecule has 0 bridgehead atoms. The number of aromatic nitrogens is 2. The molecule has 16 heavy (non-hydrogen) atoms. The van der Waals surface area contributed by atoms with Crippen molar-refractivity contribution in [2.24, 2.45) is 0 Å². The van der Waals surface area contributed by atoms with Crippen molar-refractivity contribution in [1.82, 2.24) is 9.97 Å². The van der Waals surface area contributed by atoms with Crippen LogP contribution in [0.4, 0.5) is 0 Å². The largest absolute Gasteiger partial charge is 0.339 e. The van der Waals surface area contributed by atoms with Crippen molar-refractivity contribution in [2.45, 2.75) is 18.3 Å². The first kappa shape index (κ1) is 9.33. The molecule has 1 aliphatic rings. The van der Waals surface area contributed by atoms with Gasteiger partial charge in [-0.3, -0.25) is 4.79 Å². The maximum absolute atomic E-state index is 10.6. The highest BCUT2D eigenvalue weighted by Gasteiger charge is 2.48. The minimum absolute atomic E-state index is 0.0303. The van der Waals surface area contributed by atoms with Gasteiger partial charge in [0.15, 0.2) is 6.29 Å². The van der Waals surface area contributed by atoms with Crippen LogP contribution in [0, 0.1) is 0 Å². The van der Waals surface area contributed by atoms with Crippen LogP contribution in [-0.4, -0.2) is 16.3 Å². The van der Waals surface area contributed by atoms with E-state index < -0.39 is 0 Å². The van der Waals surface area contributed by atoms with Crippen LogP contribution in [0.25, 0.3) is 0 Å². The number of imidazole rings is 1. The molecule has 0 atom stereocenters. The molecule has 0 radical (unpaired) electrons. The van der Waals surface area contributed by atoms with Gasteiger partial charge in [0.1, 0.15) is 5.82 Å². The number of rotatable bonds is 3. The molecule has 1 saturated carbocycles. The van der Waals surface area contributed by atoms with Crippen molar-refractivity contribution in [3.05, 3.63) is 53.6 Å². The lowest BCUT2D eigenvalue weighted by molar-refractivity contribution is 0.111. The quantitative estimate of drug-likeness (QED) is 0.793. The third kappa shape index (κ3) is 1.28. The molecule has 2 aromatic rings. The Morgan fingerprint density at radius 2 is 2.00 bits per heavy atom. The summed E-state index contributed by atoms with van der Waals surface area (Å²) < 4.78 is 0. The average molecular weight is 212 g/mol. The number of carbonyl (C=O) groups is 1. The fourth-order valence-corrected chi connectivity index (χ4v) is 2.18. The SMILES string of the molecule is O=Cc1cnc(C2(c3ccccc3)CC2)[nH]1. The molecule has 1 aliphatic carbocycles. The summed E-state index contributed by atoms with van der Waals surface area (Å²) in [5.41, 5.74) is 1.86. The van der Waals surface area contributed by atoms with Gasteiger partial charge in [-0.2, -0.15) is 0 Å². The molecule has 1 aromatic heterocycles. The Labute approximate surface area is 93.5 Å². The highest BCUT2D eigenvalue weighted by Crippen LogP contribution is 2.52. The Kier molecular flexibility index (Phi) is 1.93. The van der Waals surface area contributed by atoms with Crippen molar-refractivity contribution in [1.29, 1.82) is 0 Å². The zero-order valence-corrected chi connectivity index (χ0v) is 8.81. The molecule has 80 valence electrons. The van der Waals surface area contributed by atoms with Crippen LogP contribution in [-0.2, 0) is 5.41 Å². The minimum atomic E-state index is 0.0303. The van der Waals surface area contributed by atoms with E-state index in [4.69, 9.17) is 0 Å². The number of hydrogen-bond acceptors (Lipinski definition) is 2. The summed E-state index contributed by atoms with van der Waals surface area (Å²) in [4.78, 5) is 18.0. The second-order valence-electron chi connectivity index (χ2n) is 4.25. The van der Waals surface area contributed by atoms with Crippen molar-refractivity contribution in [3.63, 3.8) is 0 Å². The topological polar surface area (TPSA) is 45.8 Å². The zero-order valence-electron chi connectivity index (χ0n) is 8.81. The number of hydrogen-bond donors (Lipinski definition) is 1. The Morgan fingerprint density at radius 3 is 2.56 bits per heavy atom. The van der Waals surface area contributed by atoms with E-state index in [1.807, 2.05) is 18.2 Å². The molecule has 0 unspecified atom stereocenters. The summed E-state index contributed by atoms with van der Waals surface area (Å²) in [6.07, 6.45) is 4.61. The lowest BCUT2D eigenvalue weighted by Gasteiger charge is -2.12. The van der Waals surface area contributed by atoms with E-state index in [-0.39, 0.29) is 5.41 Å². The maximum atomic E-state index is 10.6. The Morgan fingerprint density at radius 1 is 1.25 bits per heavy atom. The van der Waals surface area contributed by atoms with E-state index in [0.717, 1.165) is 25.0 Å². The summed E-state index contributed by atoms with van der Waals surface area (Å²) in [5.74, 6) is 0.917. The molecule has 1 N–H and O–H groups in total. The van der Waals surface area contributed by atoms with Gasteiger partial charge in [-0.1, -0.05) is 30.3 Å². The number of nitrogens with one attached hydrogen (secondary N) is 1. The van der Waals surface area contributed by atoms with Gasteiger partial charge in [0.05, 0.1) is 17.3 Å². The van der Waals surface area contributed by atoms with E-state index in [2.05, 4.69) is 22.1 Å². The minimum Gasteiger partial charge on any atom is -0.339 e. The predicted molar refractivity (Wildman–Crippen MR) is 60.4 cm³/mol. The van der Waals surface area contributed by atoms with Crippen molar-refractivity contribution in [2.75, 3.05) is 0 Å². The molecule has 1 heterocycles. The standard InChI is InChI=1S/C13H12N2O/c16-9-11-8-14-12(15-11)13(6-7-13)10-4-2-1-3-5-10/h1-5,8-9H,6-7H2,(H,14,15). The molecule has 1 aromatic carbocycles. The fraction of sp³-hybridized carbons (Fsp3) is 0.231. The number of aromatic amines is 1. The van der Waals surface area contributed by atoms with E-state index in [0.29, 0.717) is 5.69 Å². The third-order valence-corrected chi connectivity index (χ3v) is 3.25. The van der Waals surface area contributed by atoms with Crippen molar-refractivity contribution < 1.29 is 4.79 Å². The molecule has 3 nitrogen and oxygen atoms in total. The van der Waals surface area contributed by atoms with Crippen LogP contribution in [0.15, 0.2) is 36.5 Å². The van der Waals surface area contributed by atoms with Crippen LogP contribution in [0.3, 0.4) is 0 Å². The normalized spacial score (nSPS) is 17.0. The van der Waals surface area contributed by atoms with Crippen LogP contribution < -0.4 is 0 Å². The van der Waals surface area contributed by atoms with Gasteiger partial charge in [0, 0.05) is 0 Å². The molecule has 3 heteroatoms. The van der Waals surface area contributed by atoms with E-state index in [1.165, 1.54) is 5.56 Å². The van der Waals surface area contributed by atoms with Crippen molar-refractivity contribution >= 4 is 6.29 Å². The lowest BCUT2D eigenvalue weighted by Crippen LogP contribution is -2.10. The summed E-state index contributed by atoms with van der Waals surface area (Å²) in [6.45, 7) is 0. The number of nitrogens with zero attached hydrogens (tertiary/aromatic N) is 1. The summed E-state index contributed by atoms with van der Waals surface area (Å²) >= 11 is 0. The van der Waals surface area contributed by atoms with Gasteiger partial charge in [-0.05, 0) is 18.4 Å². The van der Waals surface area contributed by atoms with Gasteiger partial charge in [0.25, 0.3) is 0 Å². The number of carbonyl (C=O) groups excluding carboxylic acids is 1. The molecular weight excluding hydrogens is 200 g/mol. The van der Waals surface area contributed by atoms with Crippen LogP contribution in [0.5, 0.6) is 0 Å². The van der Waals surface area contributed by atoms with Gasteiger partial charge >= 0.3 is 0 Å². The first-order valence-corrected chi connectivity index (χ1v) is 5.41. The van der Waals surface area contributed by atoms with Gasteiger partial charge < -0.3 is 4.98 Å². The predicted octanol–water partition coefficient (Wildman–Crippen LogP) is 2.30. The van der Waals surface area contributed by atoms with Crippen molar-refractivity contribution in [3.8, 4) is 0 Å². The molecule has 1 fully saturated rings. The van der Waals surface area contributed by atoms with Gasteiger partial charge in [-0.25, -0.2) is 4.98 Å². The Hall–Kier alpha value is -1.90. The number of aldehydes is 1. The Balaban J connectivity index is 2.03. The van der Waals surface area contributed by atoms with Crippen LogP contribution >= 0.6 is 0 Å². The summed E-state index contributed by atoms with van der Waals surface area (Å²) in [6, 6.07) is 10.3. The average Bonchev–Trinajstić information content (AvgIpc) is 3.02. The molecular formula is C13H12N2O. The van der Waals surface area contributed by atoms with E-state index in [1.54, 1.807) is 6.20 Å². The second kappa shape index (κ2) is 3.30. The maximum Gasteiger partial charge on any atom is 0.167 e. The van der Waals surface area contributed by atoms with E-state index in [9.17, 15) is 4.79 Å². The number of benzene rings is 1. The zero-order chi connectivity index (χ0) is 11.0. The molecule has 0 aliphatic heterocycles. The molecule has 0 spiro atoms. The second-order valence-corrected chi connectivity index (χ2v) is 4.25. The van der Waals surface area contributed by atoms with E-state index >= 15 is 0 Å². The summed E-state index contributed by atoms with van der Waals surface area (Å²) in [5, 5.41) is 0.